The quantitative estimate of drug-likeness (QED) is 0.305. The minimum absolute atomic E-state index is 1.18. The summed E-state index contributed by atoms with van der Waals surface area (Å²) in [6, 6.07) is 0. The minimum Gasteiger partial charge on any atom is -0.374 e. The first-order chi connectivity index (χ1) is 5.43. The summed E-state index contributed by atoms with van der Waals surface area (Å²) in [4.78, 5) is 2.37. The van der Waals surface area contributed by atoms with E-state index in [1.54, 1.807) is 0 Å². The van der Waals surface area contributed by atoms with Crippen molar-refractivity contribution in [1.82, 2.24) is 0 Å². The Morgan fingerprint density at radius 2 is 2.17 bits per heavy atom. The van der Waals surface area contributed by atoms with Crippen molar-refractivity contribution in [2.45, 2.75) is 18.4 Å². The number of hydrogen-bond acceptors (Lipinski definition) is 4. The molecule has 0 radical (unpaired) electrons. The van der Waals surface area contributed by atoms with E-state index in [1.807, 2.05) is 0 Å². The Morgan fingerprint density at radius 1 is 1.67 bits per heavy atom. The van der Waals surface area contributed by atoms with Crippen LogP contribution in [-0.2, 0) is 14.9 Å². The van der Waals surface area contributed by atoms with Gasteiger partial charge in [-0.25, -0.2) is 0 Å². The lowest BCUT2D eigenvalue weighted by Crippen LogP contribution is -2.30. The highest BCUT2D eigenvalue weighted by atomic mass is 32.2. The normalized spacial score (nSPS) is 16.2. The fourth-order valence-corrected chi connectivity index (χ4v) is 0.990. The Balaban J connectivity index is 4.64. The van der Waals surface area contributed by atoms with Gasteiger partial charge in [-0.1, -0.05) is 5.11 Å². The SMILES string of the molecule is CO[C@@H](N=[N+]=[N-])[C@H](C)S(=O)(=O)O. The molecule has 1 N–H and O–H groups in total. The average Bonchev–Trinajstić information content (AvgIpc) is 1.97. The van der Waals surface area contributed by atoms with Crippen LogP contribution in [0.25, 0.3) is 10.4 Å². The molecule has 8 heteroatoms. The highest BCUT2D eigenvalue weighted by Gasteiger charge is 2.26. The molecule has 0 heterocycles. The van der Waals surface area contributed by atoms with Crippen LogP contribution < -0.4 is 0 Å². The fourth-order valence-electron chi connectivity index (χ4n) is 0.531. The van der Waals surface area contributed by atoms with Crippen LogP contribution in [-0.4, -0.2) is 31.6 Å². The van der Waals surface area contributed by atoms with E-state index in [4.69, 9.17) is 10.1 Å². The van der Waals surface area contributed by atoms with E-state index in [0.717, 1.165) is 0 Å². The van der Waals surface area contributed by atoms with Crippen LogP contribution in [0, 0.1) is 0 Å². The maximum absolute atomic E-state index is 10.5. The van der Waals surface area contributed by atoms with E-state index in [1.165, 1.54) is 14.0 Å². The van der Waals surface area contributed by atoms with Crippen LogP contribution in [0.2, 0.25) is 0 Å². The van der Waals surface area contributed by atoms with E-state index in [9.17, 15) is 8.42 Å². The Kier molecular flexibility index (Phi) is 3.98. The summed E-state index contributed by atoms with van der Waals surface area (Å²) in [7, 11) is -3.04. The maximum atomic E-state index is 10.5. The first kappa shape index (κ1) is 11.2. The van der Waals surface area contributed by atoms with E-state index in [-0.39, 0.29) is 0 Å². The van der Waals surface area contributed by atoms with E-state index < -0.39 is 21.6 Å². The Labute approximate surface area is 69.7 Å². The van der Waals surface area contributed by atoms with Crippen molar-refractivity contribution in [2.24, 2.45) is 5.11 Å². The highest BCUT2D eigenvalue weighted by Crippen LogP contribution is 2.08. The van der Waals surface area contributed by atoms with Crippen molar-refractivity contribution >= 4 is 10.1 Å². The second-order valence-electron chi connectivity index (χ2n) is 2.05. The van der Waals surface area contributed by atoms with Crippen molar-refractivity contribution in [1.29, 1.82) is 0 Å². The molecule has 0 aromatic carbocycles. The third-order valence-electron chi connectivity index (χ3n) is 1.28. The van der Waals surface area contributed by atoms with Gasteiger partial charge in [0.05, 0.1) is 0 Å². The van der Waals surface area contributed by atoms with Gasteiger partial charge in [-0.15, -0.1) is 0 Å². The fraction of sp³-hybridized carbons (Fsp3) is 1.00. The number of methoxy groups -OCH3 is 1. The molecular formula is C4H9N3O4S. The van der Waals surface area contributed by atoms with Crippen LogP contribution in [0.1, 0.15) is 6.92 Å². The van der Waals surface area contributed by atoms with Crippen LogP contribution in [0.15, 0.2) is 5.11 Å². The molecule has 0 rings (SSSR count). The summed E-state index contributed by atoms with van der Waals surface area (Å²) in [5.41, 5.74) is 7.98. The summed E-state index contributed by atoms with van der Waals surface area (Å²) in [5, 5.41) is 1.76. The van der Waals surface area contributed by atoms with Gasteiger partial charge in [-0.05, 0) is 12.5 Å². The summed E-state index contributed by atoms with van der Waals surface area (Å²) >= 11 is 0. The molecular weight excluding hydrogens is 186 g/mol. The van der Waals surface area contributed by atoms with Crippen molar-refractivity contribution < 1.29 is 17.7 Å². The third-order valence-corrected chi connectivity index (χ3v) is 2.45. The molecule has 0 unspecified atom stereocenters. The van der Waals surface area contributed by atoms with Gasteiger partial charge in [0.2, 0.25) is 0 Å². The summed E-state index contributed by atoms with van der Waals surface area (Å²) in [5.74, 6) is 0. The van der Waals surface area contributed by atoms with Gasteiger partial charge in [-0.2, -0.15) is 8.42 Å². The number of nitrogens with zero attached hydrogens (tertiary/aromatic N) is 3. The molecule has 0 aromatic heterocycles. The smallest absolute Gasteiger partial charge is 0.270 e. The molecule has 0 spiro atoms. The molecule has 0 saturated heterocycles. The maximum Gasteiger partial charge on any atom is 0.270 e. The molecule has 0 bridgehead atoms. The Bertz CT molecular complexity index is 281. The highest BCUT2D eigenvalue weighted by molar-refractivity contribution is 7.86. The standard InChI is InChI=1S/C4H9N3O4S/c1-3(12(8,9)10)4(11-2)6-7-5/h3-4H,1-2H3,(H,8,9,10)/t3-,4+/m0/s1. The van der Waals surface area contributed by atoms with Crippen LogP contribution in [0.4, 0.5) is 0 Å². The van der Waals surface area contributed by atoms with Gasteiger partial charge < -0.3 is 4.74 Å². The number of hydrogen-bond donors (Lipinski definition) is 1. The third kappa shape index (κ3) is 3.05. The lowest BCUT2D eigenvalue weighted by molar-refractivity contribution is 0.106. The van der Waals surface area contributed by atoms with Gasteiger partial charge in [0.15, 0.2) is 6.23 Å². The molecule has 7 nitrogen and oxygen atoms in total. The largest absolute Gasteiger partial charge is 0.374 e. The number of rotatable bonds is 4. The zero-order chi connectivity index (χ0) is 9.78. The Morgan fingerprint density at radius 3 is 2.42 bits per heavy atom. The van der Waals surface area contributed by atoms with Crippen molar-refractivity contribution in [3.05, 3.63) is 10.4 Å². The van der Waals surface area contributed by atoms with Crippen LogP contribution >= 0.6 is 0 Å². The molecule has 0 aliphatic rings. The zero-order valence-corrected chi connectivity index (χ0v) is 7.39. The van der Waals surface area contributed by atoms with Crippen molar-refractivity contribution in [3.63, 3.8) is 0 Å². The average molecular weight is 195 g/mol. The lowest BCUT2D eigenvalue weighted by Gasteiger charge is -2.13. The van der Waals surface area contributed by atoms with Gasteiger partial charge in [0.25, 0.3) is 10.1 Å². The molecule has 12 heavy (non-hydrogen) atoms. The molecule has 70 valence electrons. The second-order valence-corrected chi connectivity index (χ2v) is 3.82. The van der Waals surface area contributed by atoms with Crippen molar-refractivity contribution in [3.8, 4) is 0 Å². The van der Waals surface area contributed by atoms with Crippen molar-refractivity contribution in [2.75, 3.05) is 7.11 Å². The zero-order valence-electron chi connectivity index (χ0n) is 6.58. The summed E-state index contributed by atoms with van der Waals surface area (Å²) < 4.78 is 34.0. The number of azide groups is 1. The van der Waals surface area contributed by atoms with Gasteiger partial charge in [-0.3, -0.25) is 4.55 Å². The summed E-state index contributed by atoms with van der Waals surface area (Å²) in [6.07, 6.45) is -1.20. The molecule has 0 fully saturated rings. The first-order valence-electron chi connectivity index (χ1n) is 2.96. The second kappa shape index (κ2) is 4.27. The van der Waals surface area contributed by atoms with Gasteiger partial charge in [0.1, 0.15) is 5.25 Å². The molecule has 0 aliphatic carbocycles. The first-order valence-corrected chi connectivity index (χ1v) is 4.47. The van der Waals surface area contributed by atoms with Gasteiger partial charge >= 0.3 is 0 Å². The monoisotopic (exact) mass is 195 g/mol. The topological polar surface area (TPSA) is 112 Å². The van der Waals surface area contributed by atoms with E-state index >= 15 is 0 Å². The molecule has 0 aliphatic heterocycles. The van der Waals surface area contributed by atoms with Crippen LogP contribution in [0.5, 0.6) is 0 Å². The van der Waals surface area contributed by atoms with Crippen LogP contribution in [0.3, 0.4) is 0 Å². The molecule has 0 saturated carbocycles. The Hall–Kier alpha value is -0.820. The van der Waals surface area contributed by atoms with Gasteiger partial charge in [0, 0.05) is 12.0 Å². The molecule has 0 aromatic rings. The van der Waals surface area contributed by atoms with E-state index in [0.29, 0.717) is 0 Å². The predicted molar refractivity (Wildman–Crippen MR) is 41.0 cm³/mol. The molecule has 2 atom stereocenters. The van der Waals surface area contributed by atoms with E-state index in [2.05, 4.69) is 14.8 Å². The summed E-state index contributed by atoms with van der Waals surface area (Å²) in [6.45, 7) is 1.18. The predicted octanol–water partition coefficient (Wildman–Crippen LogP) is 0.546. The molecule has 0 amide bonds. The number of ether oxygens (including phenoxy) is 1. The lowest BCUT2D eigenvalue weighted by atomic mass is 10.4. The minimum atomic E-state index is -4.23.